The molecule has 0 saturated carbocycles. The average Bonchev–Trinajstić information content (AvgIpc) is 2.70. The summed E-state index contributed by atoms with van der Waals surface area (Å²) in [5.41, 5.74) is 2.12. The summed E-state index contributed by atoms with van der Waals surface area (Å²) in [6, 6.07) is 16.3. The Morgan fingerprint density at radius 2 is 1.54 bits per heavy atom. The van der Waals surface area contributed by atoms with Gasteiger partial charge in [0.1, 0.15) is 11.5 Å². The van der Waals surface area contributed by atoms with Crippen LogP contribution in [0.2, 0.25) is 0 Å². The van der Waals surface area contributed by atoms with Crippen LogP contribution in [-0.2, 0) is 12.8 Å². The summed E-state index contributed by atoms with van der Waals surface area (Å²) in [7, 11) is 0. The number of hydrogen-bond donors (Lipinski definition) is 2. The molecule has 2 aromatic carbocycles. The lowest BCUT2D eigenvalue weighted by atomic mass is 9.92. The van der Waals surface area contributed by atoms with Gasteiger partial charge in [0.2, 0.25) is 0 Å². The van der Waals surface area contributed by atoms with Crippen molar-refractivity contribution in [2.45, 2.75) is 57.9 Å². The SMILES string of the molecule is CCCC(Cc1c(O)cccc1O)[N+]1(CCc2ccccc2)CCCCC1.Cl. The summed E-state index contributed by atoms with van der Waals surface area (Å²) in [5.74, 6) is 0.462. The number of phenols is 2. The molecule has 3 nitrogen and oxygen atoms in total. The molecule has 4 heteroatoms. The first-order valence-corrected chi connectivity index (χ1v) is 10.5. The lowest BCUT2D eigenvalue weighted by Gasteiger charge is -2.48. The monoisotopic (exact) mass is 404 g/mol. The molecule has 28 heavy (non-hydrogen) atoms. The molecule has 0 aliphatic carbocycles. The highest BCUT2D eigenvalue weighted by atomic mass is 35.5. The van der Waals surface area contributed by atoms with Gasteiger partial charge < -0.3 is 14.7 Å². The van der Waals surface area contributed by atoms with Crippen molar-refractivity contribution in [2.24, 2.45) is 0 Å². The number of aromatic hydroxyl groups is 2. The summed E-state index contributed by atoms with van der Waals surface area (Å²) in [6.45, 7) is 5.82. The number of phenolic OH excluding ortho intramolecular Hbond substituents is 2. The second kappa shape index (κ2) is 10.7. The lowest BCUT2D eigenvalue weighted by Crippen LogP contribution is -2.59. The van der Waals surface area contributed by atoms with Gasteiger partial charge in [-0.15, -0.1) is 12.4 Å². The Hall–Kier alpha value is -1.71. The topological polar surface area (TPSA) is 40.5 Å². The van der Waals surface area contributed by atoms with Gasteiger partial charge in [-0.25, -0.2) is 0 Å². The Bertz CT molecular complexity index is 694. The highest BCUT2D eigenvalue weighted by Gasteiger charge is 2.38. The fourth-order valence-corrected chi connectivity index (χ4v) is 4.82. The summed E-state index contributed by atoms with van der Waals surface area (Å²) in [5, 5.41) is 20.7. The molecular formula is C24H35ClNO2+. The lowest BCUT2D eigenvalue weighted by molar-refractivity contribution is -0.955. The van der Waals surface area contributed by atoms with E-state index in [4.69, 9.17) is 0 Å². The van der Waals surface area contributed by atoms with Crippen LogP contribution in [0.1, 0.15) is 50.2 Å². The fraction of sp³-hybridized carbons (Fsp3) is 0.500. The molecule has 1 saturated heterocycles. The van der Waals surface area contributed by atoms with Crippen molar-refractivity contribution < 1.29 is 14.7 Å². The summed E-state index contributed by atoms with van der Waals surface area (Å²) in [6.07, 6.45) is 7.98. The number of halogens is 1. The maximum absolute atomic E-state index is 10.3. The zero-order chi connectivity index (χ0) is 19.1. The van der Waals surface area contributed by atoms with Gasteiger partial charge in [-0.2, -0.15) is 0 Å². The number of hydrogen-bond acceptors (Lipinski definition) is 2. The Labute approximate surface area is 176 Å². The molecule has 1 heterocycles. The normalized spacial score (nSPS) is 16.9. The standard InChI is InChI=1S/C24H33NO2.ClH/c1-2-10-21(19-22-23(26)13-9-14-24(22)27)25(16-7-4-8-17-25)18-15-20-11-5-3-6-12-20;/h3,5-6,9,11-14,21H,2,4,7-8,10,15-19H2,1H3,(H-,26,27);1H/p+1. The van der Waals surface area contributed by atoms with Gasteiger partial charge in [-0.1, -0.05) is 49.7 Å². The molecule has 0 spiro atoms. The molecule has 0 amide bonds. The van der Waals surface area contributed by atoms with Gasteiger partial charge in [0, 0.05) is 18.4 Å². The number of rotatable bonds is 8. The van der Waals surface area contributed by atoms with Crippen molar-refractivity contribution in [3.8, 4) is 11.5 Å². The largest absolute Gasteiger partial charge is 0.508 e. The second-order valence-electron chi connectivity index (χ2n) is 8.11. The number of piperidine rings is 1. The van der Waals surface area contributed by atoms with Crippen molar-refractivity contribution in [3.63, 3.8) is 0 Å². The molecule has 1 unspecified atom stereocenters. The van der Waals surface area contributed by atoms with Crippen LogP contribution in [0.3, 0.4) is 0 Å². The van der Waals surface area contributed by atoms with Crippen LogP contribution < -0.4 is 0 Å². The summed E-state index contributed by atoms with van der Waals surface area (Å²) in [4.78, 5) is 0. The van der Waals surface area contributed by atoms with Crippen LogP contribution in [0, 0.1) is 0 Å². The van der Waals surface area contributed by atoms with E-state index in [9.17, 15) is 10.2 Å². The second-order valence-corrected chi connectivity index (χ2v) is 8.11. The summed E-state index contributed by atoms with van der Waals surface area (Å²) < 4.78 is 1.12. The van der Waals surface area contributed by atoms with Gasteiger partial charge in [0.25, 0.3) is 0 Å². The zero-order valence-corrected chi connectivity index (χ0v) is 17.8. The smallest absolute Gasteiger partial charge is 0.122 e. The number of benzene rings is 2. The quantitative estimate of drug-likeness (QED) is 0.572. The highest BCUT2D eigenvalue weighted by molar-refractivity contribution is 5.85. The summed E-state index contributed by atoms with van der Waals surface area (Å²) >= 11 is 0. The molecule has 3 rings (SSSR count). The predicted molar refractivity (Wildman–Crippen MR) is 118 cm³/mol. The van der Waals surface area contributed by atoms with Gasteiger partial charge in [0.05, 0.1) is 25.7 Å². The third-order valence-corrected chi connectivity index (χ3v) is 6.36. The minimum atomic E-state index is 0. The van der Waals surface area contributed by atoms with Crippen molar-refractivity contribution in [1.29, 1.82) is 0 Å². The molecule has 0 bridgehead atoms. The Morgan fingerprint density at radius 1 is 0.893 bits per heavy atom. The molecule has 154 valence electrons. The van der Waals surface area contributed by atoms with E-state index in [0.717, 1.165) is 42.3 Å². The zero-order valence-electron chi connectivity index (χ0n) is 17.0. The van der Waals surface area contributed by atoms with Crippen LogP contribution in [0.15, 0.2) is 48.5 Å². The van der Waals surface area contributed by atoms with E-state index in [0.29, 0.717) is 6.04 Å². The maximum Gasteiger partial charge on any atom is 0.122 e. The molecule has 0 aromatic heterocycles. The van der Waals surface area contributed by atoms with Crippen LogP contribution in [0.25, 0.3) is 0 Å². The maximum atomic E-state index is 10.3. The van der Waals surface area contributed by atoms with E-state index in [1.165, 1.54) is 37.9 Å². The number of likely N-dealkylation sites (tertiary alicyclic amines) is 1. The van der Waals surface area contributed by atoms with E-state index in [1.807, 2.05) is 0 Å². The molecule has 1 fully saturated rings. The molecule has 1 aliphatic heterocycles. The number of quaternary nitrogens is 1. The van der Waals surface area contributed by atoms with E-state index in [2.05, 4.69) is 37.3 Å². The van der Waals surface area contributed by atoms with Gasteiger partial charge in [-0.3, -0.25) is 0 Å². The molecule has 2 aromatic rings. The van der Waals surface area contributed by atoms with Crippen molar-refractivity contribution in [2.75, 3.05) is 19.6 Å². The highest BCUT2D eigenvalue weighted by Crippen LogP contribution is 2.34. The Kier molecular flexibility index (Phi) is 8.65. The fourth-order valence-electron chi connectivity index (χ4n) is 4.82. The average molecular weight is 405 g/mol. The molecule has 1 aliphatic rings. The first kappa shape index (κ1) is 22.6. The molecule has 0 radical (unpaired) electrons. The van der Waals surface area contributed by atoms with Gasteiger partial charge in [0.15, 0.2) is 0 Å². The van der Waals surface area contributed by atoms with Gasteiger partial charge in [-0.05, 0) is 43.4 Å². The van der Waals surface area contributed by atoms with Crippen LogP contribution in [0.5, 0.6) is 11.5 Å². The molecular weight excluding hydrogens is 370 g/mol. The Morgan fingerprint density at radius 3 is 2.14 bits per heavy atom. The third kappa shape index (κ3) is 5.42. The predicted octanol–water partition coefficient (Wildman–Crippen LogP) is 5.47. The van der Waals surface area contributed by atoms with Crippen LogP contribution in [0.4, 0.5) is 0 Å². The third-order valence-electron chi connectivity index (χ3n) is 6.36. The molecule has 1 atom stereocenters. The van der Waals surface area contributed by atoms with E-state index >= 15 is 0 Å². The molecule has 2 N–H and O–H groups in total. The number of nitrogens with zero attached hydrogens (tertiary/aromatic N) is 1. The van der Waals surface area contributed by atoms with E-state index in [-0.39, 0.29) is 23.9 Å². The van der Waals surface area contributed by atoms with Crippen molar-refractivity contribution >= 4 is 12.4 Å². The van der Waals surface area contributed by atoms with E-state index in [1.54, 1.807) is 18.2 Å². The minimum Gasteiger partial charge on any atom is -0.508 e. The van der Waals surface area contributed by atoms with Crippen molar-refractivity contribution in [1.82, 2.24) is 0 Å². The first-order chi connectivity index (χ1) is 13.1. The Balaban J connectivity index is 0.00000280. The van der Waals surface area contributed by atoms with Gasteiger partial charge >= 0.3 is 0 Å². The van der Waals surface area contributed by atoms with Crippen LogP contribution in [-0.4, -0.2) is 40.4 Å². The van der Waals surface area contributed by atoms with Crippen LogP contribution >= 0.6 is 12.4 Å². The first-order valence-electron chi connectivity index (χ1n) is 10.5. The van der Waals surface area contributed by atoms with E-state index < -0.39 is 0 Å². The minimum absolute atomic E-state index is 0. The van der Waals surface area contributed by atoms with Crippen molar-refractivity contribution in [3.05, 3.63) is 59.7 Å².